The lowest BCUT2D eigenvalue weighted by Crippen LogP contribution is -2.50. The van der Waals surface area contributed by atoms with Gasteiger partial charge in [0.25, 0.3) is 0 Å². The van der Waals surface area contributed by atoms with Crippen molar-refractivity contribution in [2.45, 2.75) is 25.8 Å². The van der Waals surface area contributed by atoms with Gasteiger partial charge >= 0.3 is 0 Å². The summed E-state index contributed by atoms with van der Waals surface area (Å²) in [5.74, 6) is 0.222. The highest BCUT2D eigenvalue weighted by Crippen LogP contribution is 2.20. The van der Waals surface area contributed by atoms with E-state index >= 15 is 0 Å². The molecule has 0 bridgehead atoms. The van der Waals surface area contributed by atoms with Gasteiger partial charge in [-0.25, -0.2) is 0 Å². The van der Waals surface area contributed by atoms with Crippen molar-refractivity contribution in [2.24, 2.45) is 0 Å². The van der Waals surface area contributed by atoms with Crippen molar-refractivity contribution in [3.63, 3.8) is 0 Å². The summed E-state index contributed by atoms with van der Waals surface area (Å²) < 4.78 is 0. The monoisotopic (exact) mass is 213 g/mol. The summed E-state index contributed by atoms with van der Waals surface area (Å²) in [5.41, 5.74) is -0.0173. The Balaban J connectivity index is 2.65. The van der Waals surface area contributed by atoms with Crippen molar-refractivity contribution < 1.29 is 4.79 Å². The summed E-state index contributed by atoms with van der Waals surface area (Å²) in [6.07, 6.45) is 1.02. The van der Waals surface area contributed by atoms with E-state index in [0.29, 0.717) is 6.54 Å². The van der Waals surface area contributed by atoms with E-state index in [2.05, 4.69) is 24.1 Å². The van der Waals surface area contributed by atoms with E-state index in [1.807, 2.05) is 19.0 Å². The van der Waals surface area contributed by atoms with Gasteiger partial charge in [0.2, 0.25) is 5.91 Å². The van der Waals surface area contributed by atoms with E-state index < -0.39 is 0 Å². The van der Waals surface area contributed by atoms with Crippen molar-refractivity contribution in [3.05, 3.63) is 0 Å². The Labute approximate surface area is 92.6 Å². The second-order valence-electron chi connectivity index (χ2n) is 5.09. The number of nitrogens with one attached hydrogen (secondary N) is 1. The van der Waals surface area contributed by atoms with Gasteiger partial charge in [0.15, 0.2) is 0 Å². The Morgan fingerprint density at radius 3 is 2.73 bits per heavy atom. The van der Waals surface area contributed by atoms with Crippen LogP contribution in [0, 0.1) is 0 Å². The van der Waals surface area contributed by atoms with Crippen LogP contribution in [-0.2, 0) is 4.79 Å². The molecule has 0 saturated carbocycles. The van der Waals surface area contributed by atoms with Gasteiger partial charge in [-0.3, -0.25) is 4.79 Å². The van der Waals surface area contributed by atoms with E-state index in [9.17, 15) is 4.79 Å². The van der Waals surface area contributed by atoms with Gasteiger partial charge in [0, 0.05) is 18.6 Å². The molecular formula is C11H23N3O. The molecule has 0 aromatic rings. The summed E-state index contributed by atoms with van der Waals surface area (Å²) >= 11 is 0. The molecule has 1 aliphatic rings. The van der Waals surface area contributed by atoms with Crippen LogP contribution in [0.4, 0.5) is 0 Å². The van der Waals surface area contributed by atoms with E-state index in [1.165, 1.54) is 0 Å². The number of amides is 1. The quantitative estimate of drug-likeness (QED) is 0.725. The lowest BCUT2D eigenvalue weighted by molar-refractivity contribution is -0.134. The third-order valence-corrected chi connectivity index (χ3v) is 2.99. The first-order chi connectivity index (χ1) is 6.93. The van der Waals surface area contributed by atoms with Crippen LogP contribution in [0.25, 0.3) is 0 Å². The zero-order valence-electron chi connectivity index (χ0n) is 10.3. The Morgan fingerprint density at radius 1 is 1.47 bits per heavy atom. The summed E-state index contributed by atoms with van der Waals surface area (Å²) in [6.45, 7) is 7.45. The predicted octanol–water partition coefficient (Wildman–Crippen LogP) is 0.149. The molecule has 0 aliphatic carbocycles. The molecule has 0 spiro atoms. The van der Waals surface area contributed by atoms with Gasteiger partial charge in [0.1, 0.15) is 0 Å². The highest BCUT2D eigenvalue weighted by atomic mass is 16.2. The van der Waals surface area contributed by atoms with E-state index in [1.54, 1.807) is 0 Å². The average Bonchev–Trinajstić information content (AvgIpc) is 2.22. The van der Waals surface area contributed by atoms with Crippen LogP contribution in [-0.4, -0.2) is 61.5 Å². The zero-order valence-corrected chi connectivity index (χ0v) is 10.3. The summed E-state index contributed by atoms with van der Waals surface area (Å²) in [5, 5.41) is 3.17. The molecule has 0 unspecified atom stereocenters. The Hall–Kier alpha value is -0.610. The minimum Gasteiger partial charge on any atom is -0.335 e. The smallest absolute Gasteiger partial charge is 0.237 e. The first-order valence-electron chi connectivity index (χ1n) is 5.59. The molecule has 1 fully saturated rings. The van der Waals surface area contributed by atoms with Gasteiger partial charge in [-0.1, -0.05) is 0 Å². The fourth-order valence-corrected chi connectivity index (χ4v) is 1.88. The van der Waals surface area contributed by atoms with Crippen molar-refractivity contribution in [2.75, 3.05) is 40.3 Å². The predicted molar refractivity (Wildman–Crippen MR) is 61.8 cm³/mol. The fourth-order valence-electron chi connectivity index (χ4n) is 1.88. The topological polar surface area (TPSA) is 35.6 Å². The van der Waals surface area contributed by atoms with Gasteiger partial charge in [-0.2, -0.15) is 0 Å². The molecule has 1 N–H and O–H groups in total. The number of carbonyl (C=O) groups excluding carboxylic acids is 1. The Kier molecular flexibility index (Phi) is 4.11. The Bertz CT molecular complexity index is 226. The second-order valence-corrected chi connectivity index (χ2v) is 5.09. The molecule has 0 atom stereocenters. The maximum atomic E-state index is 11.9. The average molecular weight is 213 g/mol. The number of nitrogens with zero attached hydrogens (tertiary/aromatic N) is 2. The van der Waals surface area contributed by atoms with Crippen LogP contribution in [0.1, 0.15) is 20.3 Å². The second kappa shape index (κ2) is 4.94. The molecule has 1 heterocycles. The van der Waals surface area contributed by atoms with Crippen LogP contribution >= 0.6 is 0 Å². The van der Waals surface area contributed by atoms with Gasteiger partial charge < -0.3 is 15.1 Å². The molecule has 1 aliphatic heterocycles. The standard InChI is InChI=1S/C11H23N3O/c1-11(2)5-6-12-9-10(15)14(11)8-7-13(3)4/h12H,5-9H2,1-4H3. The summed E-state index contributed by atoms with van der Waals surface area (Å²) in [7, 11) is 4.07. The van der Waals surface area contributed by atoms with Crippen molar-refractivity contribution in [1.29, 1.82) is 0 Å². The zero-order chi connectivity index (χ0) is 11.5. The van der Waals surface area contributed by atoms with Crippen molar-refractivity contribution >= 4 is 5.91 Å². The highest BCUT2D eigenvalue weighted by molar-refractivity contribution is 5.79. The number of hydrogen-bond donors (Lipinski definition) is 1. The molecule has 0 aromatic heterocycles. The van der Waals surface area contributed by atoms with Crippen LogP contribution in [0.5, 0.6) is 0 Å². The molecule has 1 rings (SSSR count). The highest BCUT2D eigenvalue weighted by Gasteiger charge is 2.32. The number of carbonyl (C=O) groups is 1. The van der Waals surface area contributed by atoms with Crippen LogP contribution < -0.4 is 5.32 Å². The first-order valence-corrected chi connectivity index (χ1v) is 5.59. The molecule has 4 nitrogen and oxygen atoms in total. The molecule has 1 amide bonds. The maximum Gasteiger partial charge on any atom is 0.237 e. The minimum atomic E-state index is -0.0173. The van der Waals surface area contributed by atoms with Gasteiger partial charge in [0.05, 0.1) is 6.54 Å². The summed E-state index contributed by atoms with van der Waals surface area (Å²) in [4.78, 5) is 16.0. The van der Waals surface area contributed by atoms with E-state index in [4.69, 9.17) is 0 Å². The van der Waals surface area contributed by atoms with Crippen LogP contribution in [0.15, 0.2) is 0 Å². The van der Waals surface area contributed by atoms with Crippen LogP contribution in [0.2, 0.25) is 0 Å². The first kappa shape index (κ1) is 12.5. The Morgan fingerprint density at radius 2 is 2.13 bits per heavy atom. The lowest BCUT2D eigenvalue weighted by Gasteiger charge is -2.37. The van der Waals surface area contributed by atoms with E-state index in [0.717, 1.165) is 26.1 Å². The summed E-state index contributed by atoms with van der Waals surface area (Å²) in [6, 6.07) is 0. The fraction of sp³-hybridized carbons (Fsp3) is 0.909. The third-order valence-electron chi connectivity index (χ3n) is 2.99. The normalized spacial score (nSPS) is 21.9. The molecule has 0 aromatic carbocycles. The molecule has 4 heteroatoms. The SMILES string of the molecule is CN(C)CCN1C(=O)CNCCC1(C)C. The van der Waals surface area contributed by atoms with Gasteiger partial charge in [-0.15, -0.1) is 0 Å². The molecular weight excluding hydrogens is 190 g/mol. The lowest BCUT2D eigenvalue weighted by atomic mass is 9.98. The number of rotatable bonds is 3. The van der Waals surface area contributed by atoms with Crippen molar-refractivity contribution in [1.82, 2.24) is 15.1 Å². The maximum absolute atomic E-state index is 11.9. The largest absolute Gasteiger partial charge is 0.335 e. The molecule has 0 radical (unpaired) electrons. The minimum absolute atomic E-state index is 0.0173. The van der Waals surface area contributed by atoms with Gasteiger partial charge in [-0.05, 0) is 40.9 Å². The van der Waals surface area contributed by atoms with Crippen LogP contribution in [0.3, 0.4) is 0 Å². The molecule has 15 heavy (non-hydrogen) atoms. The molecule has 1 saturated heterocycles. The van der Waals surface area contributed by atoms with Crippen molar-refractivity contribution in [3.8, 4) is 0 Å². The number of hydrogen-bond acceptors (Lipinski definition) is 3. The van der Waals surface area contributed by atoms with E-state index in [-0.39, 0.29) is 11.4 Å². The third kappa shape index (κ3) is 3.47. The molecule has 88 valence electrons. The number of likely N-dealkylation sites (N-methyl/N-ethyl adjacent to an activating group) is 1.